The molecule has 4 rings (SSSR count). The zero-order valence-corrected chi connectivity index (χ0v) is 15.8. The first kappa shape index (κ1) is 17.1. The van der Waals surface area contributed by atoms with Crippen molar-refractivity contribution in [2.24, 2.45) is 5.92 Å². The Bertz CT molecular complexity index is 859. The lowest BCUT2D eigenvalue weighted by Gasteiger charge is -2.30. The van der Waals surface area contributed by atoms with Gasteiger partial charge in [0.15, 0.2) is 0 Å². The fraction of sp³-hybridized carbons (Fsp3) is 0.500. The number of carbonyl (C=O) groups is 1. The Morgan fingerprint density at radius 1 is 1.38 bits per heavy atom. The Balaban J connectivity index is 1.65. The van der Waals surface area contributed by atoms with Crippen LogP contribution in [0.3, 0.4) is 0 Å². The Kier molecular flexibility index (Phi) is 4.67. The fourth-order valence-electron chi connectivity index (χ4n) is 3.63. The lowest BCUT2D eigenvalue weighted by molar-refractivity contribution is -0.137. The molecule has 0 unspecified atom stereocenters. The lowest BCUT2D eigenvalue weighted by Crippen LogP contribution is -2.39. The fourth-order valence-corrected chi connectivity index (χ4v) is 4.74. The Hall–Kier alpha value is -2.35. The molecule has 3 heterocycles. The van der Waals surface area contributed by atoms with Crippen molar-refractivity contribution in [2.45, 2.75) is 45.2 Å². The van der Waals surface area contributed by atoms with E-state index in [1.807, 2.05) is 23.1 Å². The van der Waals surface area contributed by atoms with Crippen LogP contribution < -0.4 is 0 Å². The van der Waals surface area contributed by atoms with E-state index in [1.165, 1.54) is 11.0 Å². The van der Waals surface area contributed by atoms with Crippen molar-refractivity contribution in [3.8, 4) is 0 Å². The molecule has 1 aromatic carbocycles. The van der Waals surface area contributed by atoms with Crippen LogP contribution in [0.25, 0.3) is 10.2 Å². The summed E-state index contributed by atoms with van der Waals surface area (Å²) in [4.78, 5) is 20.2. The van der Waals surface area contributed by atoms with Crippen molar-refractivity contribution >= 4 is 27.5 Å². The first-order valence-electron chi connectivity index (χ1n) is 9.07. The highest BCUT2D eigenvalue weighted by atomic mass is 32.1. The summed E-state index contributed by atoms with van der Waals surface area (Å²) in [7, 11) is 0. The van der Waals surface area contributed by atoms with E-state index in [0.717, 1.165) is 36.3 Å². The van der Waals surface area contributed by atoms with E-state index >= 15 is 0 Å². The quantitative estimate of drug-likeness (QED) is 0.689. The number of hydrogen-bond acceptors (Lipinski definition) is 6. The number of tetrazole rings is 1. The van der Waals surface area contributed by atoms with Gasteiger partial charge in [-0.05, 0) is 41.3 Å². The third-order valence-corrected chi connectivity index (χ3v) is 6.35. The predicted molar refractivity (Wildman–Crippen MR) is 99.6 cm³/mol. The molecule has 136 valence electrons. The second kappa shape index (κ2) is 7.11. The van der Waals surface area contributed by atoms with Crippen molar-refractivity contribution in [1.29, 1.82) is 0 Å². The van der Waals surface area contributed by atoms with Gasteiger partial charge in [0, 0.05) is 6.54 Å². The SMILES string of the molecule is CC[C@H](C)[C@@H](C(=O)N1CCC[C@H]1c1nc2ccccc2s1)n1cnnn1. The number of thiazole rings is 1. The van der Waals surface area contributed by atoms with E-state index < -0.39 is 0 Å². The normalized spacial score (nSPS) is 19.8. The monoisotopic (exact) mass is 370 g/mol. The number of rotatable bonds is 5. The zero-order chi connectivity index (χ0) is 18.1. The molecule has 0 bridgehead atoms. The second-order valence-electron chi connectivity index (χ2n) is 6.83. The number of likely N-dealkylation sites (tertiary alicyclic amines) is 1. The first-order valence-corrected chi connectivity index (χ1v) is 9.89. The predicted octanol–water partition coefficient (Wildman–Crippen LogP) is 3.23. The minimum atomic E-state index is -0.370. The molecule has 1 amide bonds. The zero-order valence-electron chi connectivity index (χ0n) is 14.9. The number of benzene rings is 1. The van der Waals surface area contributed by atoms with Crippen molar-refractivity contribution in [3.63, 3.8) is 0 Å². The number of carbonyl (C=O) groups excluding carboxylic acids is 1. The van der Waals surface area contributed by atoms with Gasteiger partial charge in [0.1, 0.15) is 17.4 Å². The first-order chi connectivity index (χ1) is 12.7. The van der Waals surface area contributed by atoms with Gasteiger partial charge in [-0.3, -0.25) is 4.79 Å². The standard InChI is InChI=1S/C18H22N6OS/c1-3-12(2)16(24-11-19-21-22-24)18(25)23-10-6-8-14(23)17-20-13-7-4-5-9-15(13)26-17/h4-5,7,9,11-12,14,16H,3,6,8,10H2,1-2H3/t12-,14-,16-/m0/s1. The molecule has 26 heavy (non-hydrogen) atoms. The molecule has 0 radical (unpaired) electrons. The Morgan fingerprint density at radius 2 is 2.23 bits per heavy atom. The van der Waals surface area contributed by atoms with Crippen LogP contribution in [0, 0.1) is 5.92 Å². The summed E-state index contributed by atoms with van der Waals surface area (Å²) in [6.07, 6.45) is 4.37. The van der Waals surface area contributed by atoms with Crippen molar-refractivity contribution in [2.75, 3.05) is 6.54 Å². The minimum Gasteiger partial charge on any atom is -0.331 e. The molecule has 1 aliphatic rings. The molecule has 1 fully saturated rings. The van der Waals surface area contributed by atoms with Crippen molar-refractivity contribution in [3.05, 3.63) is 35.6 Å². The molecular weight excluding hydrogens is 348 g/mol. The number of hydrogen-bond donors (Lipinski definition) is 0. The van der Waals surface area contributed by atoms with E-state index in [9.17, 15) is 4.79 Å². The summed E-state index contributed by atoms with van der Waals surface area (Å²) in [5, 5.41) is 12.5. The van der Waals surface area contributed by atoms with Gasteiger partial charge in [-0.2, -0.15) is 0 Å². The van der Waals surface area contributed by atoms with Gasteiger partial charge in [-0.1, -0.05) is 32.4 Å². The summed E-state index contributed by atoms with van der Waals surface area (Å²) in [6.45, 7) is 4.92. The smallest absolute Gasteiger partial charge is 0.248 e. The summed E-state index contributed by atoms with van der Waals surface area (Å²) < 4.78 is 2.77. The van der Waals surface area contributed by atoms with Gasteiger partial charge >= 0.3 is 0 Å². The maximum atomic E-state index is 13.4. The summed E-state index contributed by atoms with van der Waals surface area (Å²) in [5.41, 5.74) is 1.01. The number of aromatic nitrogens is 5. The van der Waals surface area contributed by atoms with Crippen molar-refractivity contribution in [1.82, 2.24) is 30.1 Å². The average Bonchev–Trinajstić information content (AvgIpc) is 3.39. The third kappa shape index (κ3) is 2.98. The van der Waals surface area contributed by atoms with Crippen LogP contribution in [-0.4, -0.2) is 42.5 Å². The highest BCUT2D eigenvalue weighted by molar-refractivity contribution is 7.18. The van der Waals surface area contributed by atoms with Crippen LogP contribution in [0.5, 0.6) is 0 Å². The van der Waals surface area contributed by atoms with Gasteiger partial charge in [-0.25, -0.2) is 9.67 Å². The molecule has 0 spiro atoms. The van der Waals surface area contributed by atoms with E-state index in [4.69, 9.17) is 4.98 Å². The van der Waals surface area contributed by atoms with E-state index in [0.29, 0.717) is 0 Å². The van der Waals surface area contributed by atoms with Crippen LogP contribution in [-0.2, 0) is 4.79 Å². The molecule has 0 aliphatic carbocycles. The highest BCUT2D eigenvalue weighted by Crippen LogP contribution is 2.38. The number of para-hydroxylation sites is 1. The number of fused-ring (bicyclic) bond motifs is 1. The second-order valence-corrected chi connectivity index (χ2v) is 7.89. The maximum Gasteiger partial charge on any atom is 0.248 e. The Labute approximate surface area is 156 Å². The van der Waals surface area contributed by atoms with Gasteiger partial charge in [-0.15, -0.1) is 16.4 Å². The third-order valence-electron chi connectivity index (χ3n) is 5.22. The summed E-state index contributed by atoms with van der Waals surface area (Å²) in [6, 6.07) is 7.81. The van der Waals surface area contributed by atoms with Crippen molar-refractivity contribution < 1.29 is 4.79 Å². The minimum absolute atomic E-state index is 0.0444. The summed E-state index contributed by atoms with van der Waals surface area (Å²) >= 11 is 1.69. The number of amides is 1. The van der Waals surface area contributed by atoms with Crippen LogP contribution in [0.2, 0.25) is 0 Å². The van der Waals surface area contributed by atoms with E-state index in [2.05, 4.69) is 35.4 Å². The molecule has 3 atom stereocenters. The molecule has 8 heteroatoms. The van der Waals surface area contributed by atoms with Crippen LogP contribution in [0.4, 0.5) is 0 Å². The molecule has 2 aromatic heterocycles. The highest BCUT2D eigenvalue weighted by Gasteiger charge is 2.38. The lowest BCUT2D eigenvalue weighted by atomic mass is 9.97. The molecule has 7 nitrogen and oxygen atoms in total. The van der Waals surface area contributed by atoms with Gasteiger partial charge in [0.2, 0.25) is 5.91 Å². The van der Waals surface area contributed by atoms with E-state index in [-0.39, 0.29) is 23.9 Å². The summed E-state index contributed by atoms with van der Waals surface area (Å²) in [5.74, 6) is 0.246. The van der Waals surface area contributed by atoms with Crippen LogP contribution in [0.15, 0.2) is 30.6 Å². The molecule has 1 saturated heterocycles. The van der Waals surface area contributed by atoms with Crippen LogP contribution in [0.1, 0.15) is 50.2 Å². The molecule has 1 aliphatic heterocycles. The average molecular weight is 370 g/mol. The molecule has 0 N–H and O–H groups in total. The molecular formula is C18H22N6OS. The van der Waals surface area contributed by atoms with Gasteiger partial charge in [0.25, 0.3) is 0 Å². The molecule has 0 saturated carbocycles. The molecule has 3 aromatic rings. The Morgan fingerprint density at radius 3 is 2.96 bits per heavy atom. The number of nitrogens with zero attached hydrogens (tertiary/aromatic N) is 6. The van der Waals surface area contributed by atoms with Crippen LogP contribution >= 0.6 is 11.3 Å². The van der Waals surface area contributed by atoms with E-state index in [1.54, 1.807) is 16.0 Å². The topological polar surface area (TPSA) is 76.8 Å². The largest absolute Gasteiger partial charge is 0.331 e. The maximum absolute atomic E-state index is 13.4. The van der Waals surface area contributed by atoms with Gasteiger partial charge < -0.3 is 4.90 Å². The van der Waals surface area contributed by atoms with Gasteiger partial charge in [0.05, 0.1) is 16.3 Å².